The van der Waals surface area contributed by atoms with E-state index in [1.807, 2.05) is 77.5 Å². The Balaban J connectivity index is 0.00000155. The van der Waals surface area contributed by atoms with Crippen molar-refractivity contribution in [3.8, 4) is 0 Å². The molecule has 30 heavy (non-hydrogen) atoms. The summed E-state index contributed by atoms with van der Waals surface area (Å²) in [4.78, 5) is 22.6. The first-order chi connectivity index (χ1) is 14.6. The summed E-state index contributed by atoms with van der Waals surface area (Å²) in [6.45, 7) is 5.95. The lowest BCUT2D eigenvalue weighted by atomic mass is 9.99. The maximum atomic E-state index is 11.5. The Morgan fingerprint density at radius 3 is 2.37 bits per heavy atom. The van der Waals surface area contributed by atoms with Crippen LogP contribution in [0.3, 0.4) is 0 Å². The zero-order valence-electron chi connectivity index (χ0n) is 18.3. The smallest absolute Gasteiger partial charge is 0.152 e. The fourth-order valence-electron chi connectivity index (χ4n) is 3.16. The van der Waals surface area contributed by atoms with Gasteiger partial charge in [-0.3, -0.25) is 9.78 Å². The van der Waals surface area contributed by atoms with Crippen molar-refractivity contribution in [3.63, 3.8) is 0 Å². The van der Waals surface area contributed by atoms with Gasteiger partial charge >= 0.3 is 0 Å². The standard InChI is InChI=1S/C23H24N4O.C2H6/c1-17(26-22-12-11-21(24-2)14-20(22)16-28)27(3)23(18-8-5-4-6-9-18)19-10-7-13-25-15-19;1-2/h4-16,23-24H,1-3H3;1-2H3. The molecule has 5 nitrogen and oxygen atoms in total. The molecular formula is C25H30N4O. The van der Waals surface area contributed by atoms with Crippen LogP contribution >= 0.6 is 0 Å². The first kappa shape index (κ1) is 22.8. The van der Waals surface area contributed by atoms with E-state index >= 15 is 0 Å². The molecule has 2 aromatic carbocycles. The van der Waals surface area contributed by atoms with E-state index in [1.165, 1.54) is 0 Å². The first-order valence-corrected chi connectivity index (χ1v) is 10.1. The van der Waals surface area contributed by atoms with Crippen molar-refractivity contribution >= 4 is 23.5 Å². The molecule has 0 fully saturated rings. The summed E-state index contributed by atoms with van der Waals surface area (Å²) in [6.07, 6.45) is 4.48. The van der Waals surface area contributed by atoms with Crippen LogP contribution in [0, 0.1) is 0 Å². The maximum absolute atomic E-state index is 11.5. The SMILES string of the molecule is CC.CNc1ccc(N=C(C)N(C)C(c2ccccc2)c2cccnc2)c(C=O)c1. The number of nitrogens with zero attached hydrogens (tertiary/aromatic N) is 3. The van der Waals surface area contributed by atoms with Gasteiger partial charge in [0.05, 0.1) is 11.7 Å². The minimum atomic E-state index is -0.0325. The van der Waals surface area contributed by atoms with Crippen LogP contribution < -0.4 is 5.32 Å². The van der Waals surface area contributed by atoms with E-state index in [2.05, 4.69) is 33.4 Å². The van der Waals surface area contributed by atoms with E-state index in [-0.39, 0.29) is 6.04 Å². The number of hydrogen-bond donors (Lipinski definition) is 1. The molecule has 0 spiro atoms. The number of aromatic nitrogens is 1. The average molecular weight is 403 g/mol. The predicted octanol–water partition coefficient (Wildman–Crippen LogP) is 5.73. The van der Waals surface area contributed by atoms with Crippen LogP contribution in [0.2, 0.25) is 0 Å². The predicted molar refractivity (Wildman–Crippen MR) is 126 cm³/mol. The molecule has 0 saturated heterocycles. The largest absolute Gasteiger partial charge is 0.388 e. The van der Waals surface area contributed by atoms with Crippen LogP contribution in [0.1, 0.15) is 48.3 Å². The van der Waals surface area contributed by atoms with Crippen molar-refractivity contribution in [2.24, 2.45) is 4.99 Å². The Hall–Kier alpha value is -3.47. The van der Waals surface area contributed by atoms with Gasteiger partial charge in [-0.05, 0) is 42.3 Å². The van der Waals surface area contributed by atoms with Crippen LogP contribution in [-0.4, -0.2) is 36.1 Å². The van der Waals surface area contributed by atoms with Crippen molar-refractivity contribution in [3.05, 3.63) is 89.7 Å². The molecule has 0 saturated carbocycles. The van der Waals surface area contributed by atoms with Gasteiger partial charge in [0.2, 0.25) is 0 Å². The van der Waals surface area contributed by atoms with E-state index in [0.717, 1.165) is 28.9 Å². The molecule has 1 unspecified atom stereocenters. The molecule has 3 aromatic rings. The summed E-state index contributed by atoms with van der Waals surface area (Å²) in [6, 6.07) is 19.8. The number of aldehydes is 1. The third-order valence-corrected chi connectivity index (χ3v) is 4.74. The monoisotopic (exact) mass is 402 g/mol. The summed E-state index contributed by atoms with van der Waals surface area (Å²) in [5.41, 5.74) is 4.30. The zero-order chi connectivity index (χ0) is 21.9. The quantitative estimate of drug-likeness (QED) is 0.325. The fraction of sp³-hybridized carbons (Fsp3) is 0.240. The lowest BCUT2D eigenvalue weighted by Gasteiger charge is -2.30. The number of anilines is 1. The van der Waals surface area contributed by atoms with Crippen molar-refractivity contribution in [1.82, 2.24) is 9.88 Å². The third kappa shape index (κ3) is 5.54. The highest BCUT2D eigenvalue weighted by molar-refractivity contribution is 5.90. The molecule has 1 heterocycles. The van der Waals surface area contributed by atoms with E-state index in [4.69, 9.17) is 4.99 Å². The van der Waals surface area contributed by atoms with Crippen molar-refractivity contribution in [1.29, 1.82) is 0 Å². The highest BCUT2D eigenvalue weighted by Gasteiger charge is 2.20. The van der Waals surface area contributed by atoms with Crippen LogP contribution in [0.15, 0.2) is 78.0 Å². The molecule has 0 radical (unpaired) electrons. The number of carbonyl (C=O) groups excluding carboxylic acids is 1. The summed E-state index contributed by atoms with van der Waals surface area (Å²) in [5, 5.41) is 3.04. The number of benzene rings is 2. The van der Waals surface area contributed by atoms with Gasteiger partial charge < -0.3 is 10.2 Å². The lowest BCUT2D eigenvalue weighted by Crippen LogP contribution is -2.30. The minimum absolute atomic E-state index is 0.0325. The summed E-state index contributed by atoms with van der Waals surface area (Å²) < 4.78 is 0. The van der Waals surface area contributed by atoms with Gasteiger partial charge in [-0.1, -0.05) is 50.2 Å². The number of amidine groups is 1. The minimum Gasteiger partial charge on any atom is -0.388 e. The number of carbonyl (C=O) groups is 1. The number of nitrogens with one attached hydrogen (secondary N) is 1. The summed E-state index contributed by atoms with van der Waals surface area (Å²) in [5.74, 6) is 0.804. The normalized spacial score (nSPS) is 11.7. The number of pyridine rings is 1. The van der Waals surface area contributed by atoms with Crippen LogP contribution in [-0.2, 0) is 0 Å². The van der Waals surface area contributed by atoms with Gasteiger partial charge in [0.15, 0.2) is 6.29 Å². The van der Waals surface area contributed by atoms with E-state index < -0.39 is 0 Å². The Bertz CT molecular complexity index is 916. The molecular weight excluding hydrogens is 372 g/mol. The molecule has 1 atom stereocenters. The van der Waals surface area contributed by atoms with Crippen molar-refractivity contribution < 1.29 is 4.79 Å². The molecule has 1 N–H and O–H groups in total. The second kappa shape index (κ2) is 11.5. The van der Waals surface area contributed by atoms with Gasteiger partial charge in [-0.15, -0.1) is 0 Å². The van der Waals surface area contributed by atoms with Gasteiger partial charge in [0.25, 0.3) is 0 Å². The lowest BCUT2D eigenvalue weighted by molar-refractivity contribution is 0.112. The molecule has 0 bridgehead atoms. The molecule has 156 valence electrons. The number of hydrogen-bond acceptors (Lipinski definition) is 4. The van der Waals surface area contributed by atoms with Crippen LogP contribution in [0.5, 0.6) is 0 Å². The summed E-state index contributed by atoms with van der Waals surface area (Å²) in [7, 11) is 3.83. The van der Waals surface area contributed by atoms with Crippen LogP contribution in [0.4, 0.5) is 11.4 Å². The molecule has 0 amide bonds. The Morgan fingerprint density at radius 1 is 1.07 bits per heavy atom. The molecule has 1 aromatic heterocycles. The van der Waals surface area contributed by atoms with Gasteiger partial charge in [-0.25, -0.2) is 4.99 Å². The number of aliphatic imine (C=N–C) groups is 1. The third-order valence-electron chi connectivity index (χ3n) is 4.74. The first-order valence-electron chi connectivity index (χ1n) is 10.1. The Morgan fingerprint density at radius 2 is 1.77 bits per heavy atom. The second-order valence-electron chi connectivity index (χ2n) is 6.51. The highest BCUT2D eigenvalue weighted by Crippen LogP contribution is 2.29. The Kier molecular flexibility index (Phi) is 8.75. The number of rotatable bonds is 6. The van der Waals surface area contributed by atoms with Gasteiger partial charge in [0.1, 0.15) is 5.84 Å². The average Bonchev–Trinajstić information content (AvgIpc) is 2.82. The maximum Gasteiger partial charge on any atom is 0.152 e. The molecule has 0 aliphatic rings. The van der Waals surface area contributed by atoms with Crippen LogP contribution in [0.25, 0.3) is 0 Å². The molecule has 5 heteroatoms. The highest BCUT2D eigenvalue weighted by atomic mass is 16.1. The zero-order valence-corrected chi connectivity index (χ0v) is 18.3. The Labute approximate surface area is 179 Å². The topological polar surface area (TPSA) is 57.6 Å². The molecule has 0 aliphatic heterocycles. The van der Waals surface area contributed by atoms with E-state index in [0.29, 0.717) is 11.3 Å². The second-order valence-corrected chi connectivity index (χ2v) is 6.51. The van der Waals surface area contributed by atoms with E-state index in [9.17, 15) is 4.79 Å². The fourth-order valence-corrected chi connectivity index (χ4v) is 3.16. The van der Waals surface area contributed by atoms with Crippen molar-refractivity contribution in [2.75, 3.05) is 19.4 Å². The van der Waals surface area contributed by atoms with Crippen molar-refractivity contribution in [2.45, 2.75) is 26.8 Å². The molecule has 3 rings (SSSR count). The summed E-state index contributed by atoms with van der Waals surface area (Å²) >= 11 is 0. The van der Waals surface area contributed by atoms with Gasteiger partial charge in [-0.2, -0.15) is 0 Å². The molecule has 0 aliphatic carbocycles. The van der Waals surface area contributed by atoms with E-state index in [1.54, 1.807) is 12.3 Å². The van der Waals surface area contributed by atoms with Gasteiger partial charge in [0, 0.05) is 37.7 Å².